The van der Waals surface area contributed by atoms with Crippen molar-refractivity contribution in [1.82, 2.24) is 0 Å². The maximum atomic E-state index is 10.4. The maximum Gasteiger partial charge on any atom is 0.788 e. The minimum Gasteiger partial charge on any atom is -0.418 e. The van der Waals surface area contributed by atoms with E-state index >= 15 is 0 Å². The van der Waals surface area contributed by atoms with Crippen LogP contribution >= 0.6 is 0 Å². The van der Waals surface area contributed by atoms with Crippen molar-refractivity contribution < 1.29 is 30.4 Å². The van der Waals surface area contributed by atoms with Crippen LogP contribution in [0.4, 0.5) is 30.4 Å². The van der Waals surface area contributed by atoms with Crippen LogP contribution in [0.15, 0.2) is 0 Å². The summed E-state index contributed by atoms with van der Waals surface area (Å²) in [5.74, 6) is 0. The zero-order valence-corrected chi connectivity index (χ0v) is 4.62. The quantitative estimate of drug-likeness (QED) is 0.246. The fraction of sp³-hybridized carbons (Fsp3) is 1.00. The van der Waals surface area contributed by atoms with Crippen LogP contribution in [0.3, 0.4) is 0 Å². The molecule has 0 bridgehead atoms. The zero-order valence-electron chi connectivity index (χ0n) is 4.62. The van der Waals surface area contributed by atoms with Crippen LogP contribution < -0.4 is 0 Å². The lowest BCUT2D eigenvalue weighted by Crippen LogP contribution is -2.02. The van der Waals surface area contributed by atoms with Gasteiger partial charge in [-0.3, -0.25) is 0 Å². The number of diazo groups is 1. The molecule has 0 rings (SSSR count). The number of nitrogens with zero attached hydrogens (tertiary/aromatic N) is 2. The van der Waals surface area contributed by atoms with E-state index < -0.39 is 13.6 Å². The molecule has 0 amide bonds. The van der Waals surface area contributed by atoms with Crippen LogP contribution in [0.5, 0.6) is 0 Å². The number of hydrogen-bond acceptors (Lipinski definition) is 1. The van der Waals surface area contributed by atoms with Crippen LogP contribution in [0.25, 0.3) is 4.98 Å². The van der Waals surface area contributed by atoms with E-state index in [-0.39, 0.29) is 0 Å². The summed E-state index contributed by atoms with van der Waals surface area (Å²) in [4.78, 5) is 1.02. The van der Waals surface area contributed by atoms with Gasteiger partial charge in [0.25, 0.3) is 4.98 Å². The molecule has 0 aliphatic heterocycles. The molecule has 11 heavy (non-hydrogen) atoms. The summed E-state index contributed by atoms with van der Waals surface area (Å²) in [6.45, 7) is 0. The molecule has 0 N–H and O–H groups in total. The van der Waals surface area contributed by atoms with Crippen molar-refractivity contribution >= 4 is 7.25 Å². The Hall–Kier alpha value is -1.01. The Morgan fingerprint density at radius 3 is 1.09 bits per heavy atom. The molecule has 66 valence electrons. The van der Waals surface area contributed by atoms with Gasteiger partial charge >= 0.3 is 13.6 Å². The molecule has 0 aromatic carbocycles. The number of halogens is 7. The lowest BCUT2D eigenvalue weighted by atomic mass is 10.3. The minimum atomic E-state index is -6.00. The third-order valence-electron chi connectivity index (χ3n) is 0.113. The molecule has 0 spiro atoms. The summed E-state index contributed by atoms with van der Waals surface area (Å²) in [6, 6.07) is 0. The first-order chi connectivity index (χ1) is 4.56. The molecular weight excluding hydrogens is 184 g/mol. The molecule has 0 fully saturated rings. The summed E-state index contributed by atoms with van der Waals surface area (Å²) in [6.07, 6.45) is -4.78. The van der Waals surface area contributed by atoms with Crippen LogP contribution in [-0.4, -0.2) is 13.6 Å². The van der Waals surface area contributed by atoms with E-state index in [4.69, 9.17) is 5.39 Å². The first-order valence-electron chi connectivity index (χ1n) is 1.86. The maximum absolute atomic E-state index is 10.4. The standard InChI is InChI=1S/CF3N2.BF4/c2-1(3,4)6-5;2-1(3,4)5/q+1;-1. The van der Waals surface area contributed by atoms with Gasteiger partial charge in [-0.15, -0.1) is 0 Å². The van der Waals surface area contributed by atoms with Crippen LogP contribution in [-0.2, 0) is 0 Å². The Bertz CT molecular complexity index is 132. The van der Waals surface area contributed by atoms with E-state index in [0.29, 0.717) is 0 Å². The average molecular weight is 184 g/mol. The summed E-state index contributed by atoms with van der Waals surface area (Å²) in [7, 11) is -6.00. The lowest BCUT2D eigenvalue weighted by molar-refractivity contribution is -0.0850. The van der Waals surface area contributed by atoms with Crippen LogP contribution in [0, 0.1) is 5.39 Å². The van der Waals surface area contributed by atoms with Crippen LogP contribution in [0.2, 0.25) is 0 Å². The van der Waals surface area contributed by atoms with Crippen molar-refractivity contribution in [3.63, 3.8) is 0 Å². The Labute approximate surface area is 55.7 Å². The van der Waals surface area contributed by atoms with E-state index in [1.165, 1.54) is 0 Å². The van der Waals surface area contributed by atoms with Gasteiger partial charge in [0.15, 0.2) is 0 Å². The molecule has 0 atom stereocenters. The van der Waals surface area contributed by atoms with Gasteiger partial charge in [-0.1, -0.05) is 13.2 Å². The number of alkyl halides is 3. The first kappa shape index (κ1) is 12.7. The summed E-state index contributed by atoms with van der Waals surface area (Å²) >= 11 is 0. The zero-order chi connectivity index (χ0) is 9.71. The van der Waals surface area contributed by atoms with Crippen molar-refractivity contribution in [3.05, 3.63) is 4.98 Å². The normalized spacial score (nSPS) is 11.1. The molecule has 0 heterocycles. The topological polar surface area (TPSA) is 28.1 Å². The summed E-state index contributed by atoms with van der Waals surface area (Å²) < 4.78 is 70.1. The fourth-order valence-corrected chi connectivity index (χ4v) is 0. The first-order valence-corrected chi connectivity index (χ1v) is 1.86. The van der Waals surface area contributed by atoms with E-state index in [1.54, 1.807) is 0 Å². The van der Waals surface area contributed by atoms with Crippen LogP contribution in [0.1, 0.15) is 0 Å². The van der Waals surface area contributed by atoms with E-state index in [1.807, 2.05) is 0 Å². The molecule has 0 aliphatic carbocycles. The van der Waals surface area contributed by atoms with Crippen molar-refractivity contribution in [1.29, 1.82) is 5.39 Å². The average Bonchev–Trinajstić information content (AvgIpc) is 1.59. The van der Waals surface area contributed by atoms with Gasteiger partial charge in [0, 0.05) is 0 Å². The minimum absolute atomic E-state index is 1.02. The van der Waals surface area contributed by atoms with Crippen molar-refractivity contribution in [2.75, 3.05) is 0 Å². The Balaban J connectivity index is 0. The predicted molar refractivity (Wildman–Crippen MR) is 21.3 cm³/mol. The highest BCUT2D eigenvalue weighted by Crippen LogP contribution is 2.14. The van der Waals surface area contributed by atoms with Gasteiger partial charge in [0.2, 0.25) is 5.39 Å². The molecule has 0 saturated carbocycles. The van der Waals surface area contributed by atoms with Crippen molar-refractivity contribution in [2.24, 2.45) is 0 Å². The second-order valence-corrected chi connectivity index (χ2v) is 1.06. The molecule has 0 aromatic heterocycles. The predicted octanol–water partition coefficient (Wildman–Crippen LogP) is 2.66. The molecule has 2 nitrogen and oxygen atoms in total. The third-order valence-corrected chi connectivity index (χ3v) is 0.113. The van der Waals surface area contributed by atoms with Gasteiger partial charge in [-0.2, -0.15) is 0 Å². The molecular formula is CBF7N2. The van der Waals surface area contributed by atoms with E-state index in [9.17, 15) is 30.4 Å². The highest BCUT2D eigenvalue weighted by atomic mass is 19.5. The van der Waals surface area contributed by atoms with E-state index in [0.717, 1.165) is 4.98 Å². The summed E-state index contributed by atoms with van der Waals surface area (Å²) in [5, 5.41) is 6.90. The van der Waals surface area contributed by atoms with Gasteiger partial charge in [-0.25, -0.2) is 0 Å². The van der Waals surface area contributed by atoms with Crippen molar-refractivity contribution in [2.45, 2.75) is 6.30 Å². The summed E-state index contributed by atoms with van der Waals surface area (Å²) in [5.41, 5.74) is 0. The Morgan fingerprint density at radius 1 is 1.00 bits per heavy atom. The highest BCUT2D eigenvalue weighted by molar-refractivity contribution is 6.50. The van der Waals surface area contributed by atoms with Gasteiger partial charge < -0.3 is 17.3 Å². The molecule has 0 radical (unpaired) electrons. The molecule has 10 heteroatoms. The smallest absolute Gasteiger partial charge is 0.418 e. The molecule has 0 aromatic rings. The Morgan fingerprint density at radius 2 is 1.09 bits per heavy atom. The Kier molecular flexibility index (Phi) is 4.60. The highest BCUT2D eigenvalue weighted by Gasteiger charge is 2.46. The number of rotatable bonds is 0. The molecule has 0 aliphatic rings. The lowest BCUT2D eigenvalue weighted by Gasteiger charge is -1.94. The largest absolute Gasteiger partial charge is 0.788 e. The monoisotopic (exact) mass is 184 g/mol. The van der Waals surface area contributed by atoms with E-state index in [2.05, 4.69) is 0 Å². The third kappa shape index (κ3) is 111. The fourth-order valence-electron chi connectivity index (χ4n) is 0. The SMILES string of the molecule is F[B-](F)(F)F.N#[N+]C(F)(F)F. The van der Waals surface area contributed by atoms with Gasteiger partial charge in [0.05, 0.1) is 0 Å². The van der Waals surface area contributed by atoms with Gasteiger partial charge in [-0.05, 0) is 0 Å². The second-order valence-electron chi connectivity index (χ2n) is 1.06. The molecule has 0 unspecified atom stereocenters. The van der Waals surface area contributed by atoms with Crippen molar-refractivity contribution in [3.8, 4) is 0 Å². The second kappa shape index (κ2) is 4.00. The van der Waals surface area contributed by atoms with Gasteiger partial charge in [0.1, 0.15) is 0 Å². The molecule has 0 saturated heterocycles. The number of hydrogen-bond donors (Lipinski definition) is 0.